The minimum Gasteiger partial charge on any atom is -0.496 e. The Hall–Kier alpha value is -3.52. The van der Waals surface area contributed by atoms with Gasteiger partial charge in [0.25, 0.3) is 0 Å². The maximum absolute atomic E-state index is 11.4. The minimum absolute atomic E-state index is 0.284. The predicted molar refractivity (Wildman–Crippen MR) is 121 cm³/mol. The number of hydrogen-bond acceptors (Lipinski definition) is 7. The summed E-state index contributed by atoms with van der Waals surface area (Å²) in [4.78, 5) is 20.7. The van der Waals surface area contributed by atoms with Gasteiger partial charge in [0, 0.05) is 34.5 Å². The second kappa shape index (κ2) is 9.09. The molecule has 4 rings (SSSR count). The van der Waals surface area contributed by atoms with Crippen LogP contribution in [0.5, 0.6) is 5.75 Å². The first kappa shape index (κ1) is 20.7. The number of rotatable bonds is 8. The van der Waals surface area contributed by atoms with Gasteiger partial charge in [-0.2, -0.15) is 0 Å². The Balaban J connectivity index is 1.49. The van der Waals surface area contributed by atoms with E-state index >= 15 is 0 Å². The largest absolute Gasteiger partial charge is 0.496 e. The van der Waals surface area contributed by atoms with Crippen molar-refractivity contribution in [2.75, 3.05) is 25.2 Å². The molecule has 2 aromatic carbocycles. The summed E-state index contributed by atoms with van der Waals surface area (Å²) in [5.41, 5.74) is 3.72. The number of ether oxygens (including phenoxy) is 1. The van der Waals surface area contributed by atoms with E-state index in [2.05, 4.69) is 21.4 Å². The van der Waals surface area contributed by atoms with E-state index in [4.69, 9.17) is 9.15 Å². The van der Waals surface area contributed by atoms with Gasteiger partial charge in [0.05, 0.1) is 24.6 Å². The van der Waals surface area contributed by atoms with Gasteiger partial charge >= 0.3 is 5.97 Å². The fraction of sp³-hybridized carbons (Fsp3) is 0.174. The molecule has 4 aromatic rings. The second-order valence-electron chi connectivity index (χ2n) is 6.81. The zero-order chi connectivity index (χ0) is 21.8. The standard InChI is InChI=1S/C23H21N3O4S/c1-29-19-12-20-16(6-8-30-20)9-15(19)5-7-24-22-11-18(25-13-26-22)14-3-4-17(23(27)28)21(10-14)31-2/h3-4,6,8-13H,5,7H2,1-2H3,(H,27,28)(H,24,25,26). The molecule has 2 aromatic heterocycles. The third-order valence-electron chi connectivity index (χ3n) is 4.95. The molecule has 0 spiro atoms. The van der Waals surface area contributed by atoms with Gasteiger partial charge < -0.3 is 19.6 Å². The second-order valence-corrected chi connectivity index (χ2v) is 7.66. The highest BCUT2D eigenvalue weighted by atomic mass is 32.2. The minimum atomic E-state index is -0.940. The summed E-state index contributed by atoms with van der Waals surface area (Å²) in [6.07, 6.45) is 5.76. The molecule has 8 heteroatoms. The summed E-state index contributed by atoms with van der Waals surface area (Å²) in [7, 11) is 1.65. The fourth-order valence-electron chi connectivity index (χ4n) is 3.39. The summed E-state index contributed by atoms with van der Waals surface area (Å²) in [5.74, 6) is 0.544. The summed E-state index contributed by atoms with van der Waals surface area (Å²) >= 11 is 1.39. The van der Waals surface area contributed by atoms with E-state index in [0.29, 0.717) is 17.3 Å². The first-order valence-electron chi connectivity index (χ1n) is 9.61. The lowest BCUT2D eigenvalue weighted by atomic mass is 10.1. The number of hydrogen-bond donors (Lipinski definition) is 2. The Morgan fingerprint density at radius 3 is 2.84 bits per heavy atom. The lowest BCUT2D eigenvalue weighted by Crippen LogP contribution is -2.07. The highest BCUT2D eigenvalue weighted by molar-refractivity contribution is 7.98. The maximum atomic E-state index is 11.4. The van der Waals surface area contributed by atoms with Crippen molar-refractivity contribution in [2.45, 2.75) is 11.3 Å². The third-order valence-corrected chi connectivity index (χ3v) is 5.73. The Labute approximate surface area is 183 Å². The van der Waals surface area contributed by atoms with E-state index in [1.54, 1.807) is 25.5 Å². The fourth-order valence-corrected chi connectivity index (χ4v) is 4.01. The van der Waals surface area contributed by atoms with Crippen molar-refractivity contribution in [2.24, 2.45) is 0 Å². The van der Waals surface area contributed by atoms with Crippen molar-refractivity contribution >= 4 is 34.5 Å². The molecule has 0 unspecified atom stereocenters. The number of carboxylic acid groups (broad SMARTS) is 1. The van der Waals surface area contributed by atoms with Crippen LogP contribution in [0.4, 0.5) is 5.82 Å². The molecular weight excluding hydrogens is 414 g/mol. The average molecular weight is 436 g/mol. The molecule has 158 valence electrons. The molecule has 2 N–H and O–H groups in total. The van der Waals surface area contributed by atoms with Crippen molar-refractivity contribution in [3.63, 3.8) is 0 Å². The normalized spacial score (nSPS) is 10.9. The van der Waals surface area contributed by atoms with Gasteiger partial charge in [-0.15, -0.1) is 11.8 Å². The van der Waals surface area contributed by atoms with Crippen molar-refractivity contribution in [1.82, 2.24) is 9.97 Å². The predicted octanol–water partition coefficient (Wildman–Crippen LogP) is 4.97. The van der Waals surface area contributed by atoms with Gasteiger partial charge in [-0.1, -0.05) is 6.07 Å². The van der Waals surface area contributed by atoms with Gasteiger partial charge in [-0.25, -0.2) is 14.8 Å². The van der Waals surface area contributed by atoms with Gasteiger partial charge in [0.2, 0.25) is 0 Å². The van der Waals surface area contributed by atoms with Crippen LogP contribution in [0.2, 0.25) is 0 Å². The van der Waals surface area contributed by atoms with E-state index in [1.807, 2.05) is 30.5 Å². The highest BCUT2D eigenvalue weighted by Crippen LogP contribution is 2.29. The number of nitrogens with one attached hydrogen (secondary N) is 1. The number of carboxylic acids is 1. The number of benzene rings is 2. The zero-order valence-corrected chi connectivity index (χ0v) is 17.9. The van der Waals surface area contributed by atoms with Crippen LogP contribution in [-0.2, 0) is 6.42 Å². The Bertz CT molecular complexity index is 1240. The molecule has 0 saturated carbocycles. The number of carbonyl (C=O) groups is 1. The van der Waals surface area contributed by atoms with Gasteiger partial charge in [0.1, 0.15) is 23.5 Å². The molecule has 0 fully saturated rings. The summed E-state index contributed by atoms with van der Waals surface area (Å²) in [5, 5.41) is 13.7. The quantitative estimate of drug-likeness (QED) is 0.374. The van der Waals surface area contributed by atoms with Crippen molar-refractivity contribution in [1.29, 1.82) is 0 Å². The zero-order valence-electron chi connectivity index (χ0n) is 17.1. The number of furan rings is 1. The Morgan fingerprint density at radius 2 is 2.06 bits per heavy atom. The van der Waals surface area contributed by atoms with E-state index in [0.717, 1.165) is 40.0 Å². The smallest absolute Gasteiger partial charge is 0.336 e. The lowest BCUT2D eigenvalue weighted by molar-refractivity contribution is 0.0693. The molecular formula is C23H21N3O4S. The van der Waals surface area contributed by atoms with Gasteiger partial charge in [-0.3, -0.25) is 0 Å². The molecule has 0 aliphatic heterocycles. The van der Waals surface area contributed by atoms with Crippen LogP contribution in [0.3, 0.4) is 0 Å². The van der Waals surface area contributed by atoms with Crippen LogP contribution >= 0.6 is 11.8 Å². The molecule has 0 radical (unpaired) electrons. The average Bonchev–Trinajstić information content (AvgIpc) is 3.25. The van der Waals surface area contributed by atoms with Crippen LogP contribution in [0, 0.1) is 0 Å². The van der Waals surface area contributed by atoms with E-state index in [9.17, 15) is 9.90 Å². The number of aromatic carboxylic acids is 1. The van der Waals surface area contributed by atoms with Crippen LogP contribution in [0.1, 0.15) is 15.9 Å². The van der Waals surface area contributed by atoms with E-state index < -0.39 is 5.97 Å². The number of fused-ring (bicyclic) bond motifs is 1. The maximum Gasteiger partial charge on any atom is 0.336 e. The van der Waals surface area contributed by atoms with Crippen molar-refractivity contribution < 1.29 is 19.1 Å². The first-order chi connectivity index (χ1) is 15.1. The van der Waals surface area contributed by atoms with Gasteiger partial charge in [0.15, 0.2) is 0 Å². The number of methoxy groups -OCH3 is 1. The highest BCUT2D eigenvalue weighted by Gasteiger charge is 2.12. The van der Waals surface area contributed by atoms with Crippen molar-refractivity contribution in [3.05, 3.63) is 66.2 Å². The monoisotopic (exact) mass is 435 g/mol. The lowest BCUT2D eigenvalue weighted by Gasteiger charge is -2.11. The molecule has 0 amide bonds. The van der Waals surface area contributed by atoms with E-state index in [1.165, 1.54) is 18.1 Å². The van der Waals surface area contributed by atoms with Crippen molar-refractivity contribution in [3.8, 4) is 17.0 Å². The first-order valence-corrected chi connectivity index (χ1v) is 10.8. The Kier molecular flexibility index (Phi) is 6.08. The summed E-state index contributed by atoms with van der Waals surface area (Å²) in [6, 6.07) is 13.0. The number of anilines is 1. The van der Waals surface area contributed by atoms with Crippen LogP contribution in [0.25, 0.3) is 22.2 Å². The number of nitrogens with zero attached hydrogens (tertiary/aromatic N) is 2. The SMILES string of the molecule is COc1cc2occc2cc1CCNc1cc(-c2ccc(C(=O)O)c(SC)c2)ncn1. The third kappa shape index (κ3) is 4.49. The van der Waals surface area contributed by atoms with Crippen LogP contribution < -0.4 is 10.1 Å². The topological polar surface area (TPSA) is 97.5 Å². The molecule has 0 aliphatic rings. The molecule has 0 aliphatic carbocycles. The summed E-state index contributed by atoms with van der Waals surface area (Å²) < 4.78 is 10.9. The molecule has 0 bridgehead atoms. The molecule has 0 atom stereocenters. The Morgan fingerprint density at radius 1 is 1.19 bits per heavy atom. The molecule has 2 heterocycles. The molecule has 0 saturated heterocycles. The summed E-state index contributed by atoms with van der Waals surface area (Å²) in [6.45, 7) is 0.657. The number of thioether (sulfide) groups is 1. The van der Waals surface area contributed by atoms with E-state index in [-0.39, 0.29) is 5.56 Å². The van der Waals surface area contributed by atoms with Gasteiger partial charge in [-0.05, 0) is 42.5 Å². The van der Waals surface area contributed by atoms with Crippen LogP contribution in [-0.4, -0.2) is 41.0 Å². The van der Waals surface area contributed by atoms with Crippen LogP contribution in [0.15, 0.2) is 64.4 Å². The molecule has 31 heavy (non-hydrogen) atoms. The molecule has 7 nitrogen and oxygen atoms in total. The number of aromatic nitrogens is 2.